The number of rotatable bonds is 4. The van der Waals surface area contributed by atoms with Crippen molar-refractivity contribution in [3.63, 3.8) is 0 Å². The minimum atomic E-state index is -4.55. The second-order valence-corrected chi connectivity index (χ2v) is 7.58. The summed E-state index contributed by atoms with van der Waals surface area (Å²) in [5.41, 5.74) is -0.696. The first-order valence-corrected chi connectivity index (χ1v) is 9.94. The van der Waals surface area contributed by atoms with Gasteiger partial charge in [0.1, 0.15) is 11.4 Å². The van der Waals surface area contributed by atoms with E-state index in [-0.39, 0.29) is 34.8 Å². The highest BCUT2D eigenvalue weighted by molar-refractivity contribution is 5.92. The molecule has 172 valence electrons. The van der Waals surface area contributed by atoms with Gasteiger partial charge < -0.3 is 14.0 Å². The van der Waals surface area contributed by atoms with E-state index in [1.54, 1.807) is 10.6 Å². The van der Waals surface area contributed by atoms with E-state index in [1.165, 1.54) is 22.9 Å². The lowest BCUT2D eigenvalue weighted by molar-refractivity contribution is -0.140. The van der Waals surface area contributed by atoms with E-state index in [9.17, 15) is 22.8 Å². The zero-order valence-corrected chi connectivity index (χ0v) is 18.2. The van der Waals surface area contributed by atoms with Gasteiger partial charge in [-0.15, -0.1) is 12.4 Å². The summed E-state index contributed by atoms with van der Waals surface area (Å²) in [7, 11) is 1.84. The van der Waals surface area contributed by atoms with Gasteiger partial charge in [-0.25, -0.2) is 4.98 Å². The van der Waals surface area contributed by atoms with Crippen LogP contribution in [0.15, 0.2) is 47.5 Å². The van der Waals surface area contributed by atoms with Crippen LogP contribution in [-0.2, 0) is 19.8 Å². The molecular formula is C21H23ClF3N5O2. The highest BCUT2D eigenvalue weighted by Gasteiger charge is 2.32. The molecule has 0 aromatic carbocycles. The van der Waals surface area contributed by atoms with Crippen LogP contribution in [0, 0.1) is 0 Å². The molecule has 0 aliphatic carbocycles. The molecule has 1 saturated heterocycles. The van der Waals surface area contributed by atoms with E-state index < -0.39 is 11.9 Å². The van der Waals surface area contributed by atoms with Gasteiger partial charge in [0, 0.05) is 58.7 Å². The average Bonchev–Trinajstić information content (AvgIpc) is 3.18. The lowest BCUT2D eigenvalue weighted by Gasteiger charge is -2.34. The summed E-state index contributed by atoms with van der Waals surface area (Å²) in [4.78, 5) is 32.8. The molecule has 1 aliphatic heterocycles. The third-order valence-corrected chi connectivity index (χ3v) is 5.60. The number of nitrogens with zero attached hydrogens (tertiary/aromatic N) is 5. The van der Waals surface area contributed by atoms with Gasteiger partial charge in [0.15, 0.2) is 0 Å². The van der Waals surface area contributed by atoms with Crippen LogP contribution in [0.25, 0.3) is 10.9 Å². The Hall–Kier alpha value is -2.85. The Labute approximate surface area is 188 Å². The fourth-order valence-electron chi connectivity index (χ4n) is 3.77. The van der Waals surface area contributed by atoms with Crippen molar-refractivity contribution in [2.75, 3.05) is 32.7 Å². The maximum absolute atomic E-state index is 12.8. The minimum absolute atomic E-state index is 0. The summed E-state index contributed by atoms with van der Waals surface area (Å²) >= 11 is 0. The Morgan fingerprint density at radius 3 is 2.38 bits per heavy atom. The maximum Gasteiger partial charge on any atom is 0.433 e. The Morgan fingerprint density at radius 2 is 1.75 bits per heavy atom. The number of hydrogen-bond acceptors (Lipinski definition) is 4. The summed E-state index contributed by atoms with van der Waals surface area (Å²) in [5.74, 6) is 0.00336. The molecule has 0 saturated carbocycles. The van der Waals surface area contributed by atoms with Gasteiger partial charge >= 0.3 is 6.18 Å². The van der Waals surface area contributed by atoms with Crippen LogP contribution in [0.3, 0.4) is 0 Å². The van der Waals surface area contributed by atoms with Crippen molar-refractivity contribution in [3.05, 3.63) is 64.5 Å². The van der Waals surface area contributed by atoms with E-state index in [2.05, 4.69) is 9.88 Å². The molecule has 0 unspecified atom stereocenters. The fraction of sp³-hybridized carbons (Fsp3) is 0.381. The first-order valence-electron chi connectivity index (χ1n) is 9.94. The van der Waals surface area contributed by atoms with E-state index in [1.807, 2.05) is 24.2 Å². The molecule has 0 spiro atoms. The van der Waals surface area contributed by atoms with Crippen LogP contribution in [0.4, 0.5) is 13.2 Å². The zero-order valence-electron chi connectivity index (χ0n) is 17.4. The molecule has 0 bridgehead atoms. The zero-order chi connectivity index (χ0) is 22.2. The lowest BCUT2D eigenvalue weighted by Crippen LogP contribution is -2.49. The average molecular weight is 470 g/mol. The predicted octanol–water partition coefficient (Wildman–Crippen LogP) is 2.63. The third kappa shape index (κ3) is 4.81. The Morgan fingerprint density at radius 1 is 1.03 bits per heavy atom. The maximum atomic E-state index is 12.8. The molecule has 32 heavy (non-hydrogen) atoms. The Balaban J connectivity index is 0.00000289. The van der Waals surface area contributed by atoms with Crippen molar-refractivity contribution in [2.24, 2.45) is 7.05 Å². The topological polar surface area (TPSA) is 63.4 Å². The van der Waals surface area contributed by atoms with Crippen molar-refractivity contribution in [1.29, 1.82) is 0 Å². The van der Waals surface area contributed by atoms with Gasteiger partial charge in [-0.2, -0.15) is 13.2 Å². The molecule has 1 fully saturated rings. The number of aromatic nitrogens is 3. The molecule has 0 atom stereocenters. The fourth-order valence-corrected chi connectivity index (χ4v) is 3.77. The Bertz CT molecular complexity index is 1170. The quantitative estimate of drug-likeness (QED) is 0.589. The molecule has 7 nitrogen and oxygen atoms in total. The van der Waals surface area contributed by atoms with Crippen LogP contribution in [-0.4, -0.2) is 62.5 Å². The first-order chi connectivity index (χ1) is 14.7. The molecule has 11 heteroatoms. The second kappa shape index (κ2) is 9.33. The van der Waals surface area contributed by atoms with Gasteiger partial charge in [0.25, 0.3) is 11.5 Å². The number of hydrogen-bond donors (Lipinski definition) is 0. The van der Waals surface area contributed by atoms with Gasteiger partial charge in [0.05, 0.1) is 10.9 Å². The highest BCUT2D eigenvalue weighted by Crippen LogP contribution is 2.28. The monoisotopic (exact) mass is 469 g/mol. The number of halogens is 4. The van der Waals surface area contributed by atoms with Crippen molar-refractivity contribution in [3.8, 4) is 0 Å². The van der Waals surface area contributed by atoms with Crippen LogP contribution in [0.1, 0.15) is 16.2 Å². The first kappa shape index (κ1) is 23.8. The SMILES string of the molecule is Cl.Cn1cccc1C(=O)N1CCN(CCn2ccc3nc(C(F)(F)F)ccc3c2=O)CC1. The molecule has 4 heterocycles. The summed E-state index contributed by atoms with van der Waals surface area (Å²) in [5, 5.41) is 0.161. The number of fused-ring (bicyclic) bond motifs is 1. The van der Waals surface area contributed by atoms with Gasteiger partial charge in [-0.3, -0.25) is 14.5 Å². The number of amides is 1. The number of alkyl halides is 3. The number of pyridine rings is 2. The molecule has 0 N–H and O–H groups in total. The van der Waals surface area contributed by atoms with Gasteiger partial charge in [-0.1, -0.05) is 0 Å². The van der Waals surface area contributed by atoms with Crippen LogP contribution in [0.2, 0.25) is 0 Å². The number of carbonyl (C=O) groups is 1. The summed E-state index contributed by atoms with van der Waals surface area (Å²) in [6.45, 7) is 3.58. The van der Waals surface area contributed by atoms with Crippen molar-refractivity contribution in [1.82, 2.24) is 23.9 Å². The predicted molar refractivity (Wildman–Crippen MR) is 116 cm³/mol. The van der Waals surface area contributed by atoms with Crippen LogP contribution >= 0.6 is 12.4 Å². The molecule has 1 aliphatic rings. The van der Waals surface area contributed by atoms with Crippen molar-refractivity contribution >= 4 is 29.2 Å². The molecule has 3 aromatic rings. The third-order valence-electron chi connectivity index (χ3n) is 5.60. The van der Waals surface area contributed by atoms with Crippen LogP contribution in [0.5, 0.6) is 0 Å². The highest BCUT2D eigenvalue weighted by atomic mass is 35.5. The van der Waals surface area contributed by atoms with E-state index >= 15 is 0 Å². The largest absolute Gasteiger partial charge is 0.433 e. The number of carbonyl (C=O) groups excluding carboxylic acids is 1. The Kier molecular flexibility index (Phi) is 6.94. The summed E-state index contributed by atoms with van der Waals surface area (Å²) in [6, 6.07) is 7.08. The minimum Gasteiger partial charge on any atom is -0.347 e. The van der Waals surface area contributed by atoms with Crippen LogP contribution < -0.4 is 5.56 Å². The van der Waals surface area contributed by atoms with Crippen molar-refractivity contribution < 1.29 is 18.0 Å². The van der Waals surface area contributed by atoms with Gasteiger partial charge in [-0.05, 0) is 30.3 Å². The summed E-state index contributed by atoms with van der Waals surface area (Å²) < 4.78 is 41.8. The smallest absolute Gasteiger partial charge is 0.347 e. The van der Waals surface area contributed by atoms with Crippen molar-refractivity contribution in [2.45, 2.75) is 12.7 Å². The number of piperazine rings is 1. The second-order valence-electron chi connectivity index (χ2n) is 7.58. The molecule has 4 rings (SSSR count). The summed E-state index contributed by atoms with van der Waals surface area (Å²) in [6.07, 6.45) is -1.23. The molecule has 1 amide bonds. The number of aryl methyl sites for hydroxylation is 1. The molecule has 3 aromatic heterocycles. The van der Waals surface area contributed by atoms with E-state index in [4.69, 9.17) is 0 Å². The molecular weight excluding hydrogens is 447 g/mol. The van der Waals surface area contributed by atoms with E-state index in [0.29, 0.717) is 45.0 Å². The van der Waals surface area contributed by atoms with Gasteiger partial charge in [0.2, 0.25) is 0 Å². The molecule has 0 radical (unpaired) electrons. The lowest BCUT2D eigenvalue weighted by atomic mass is 10.2. The normalized spacial score (nSPS) is 15.1. The standard InChI is InChI=1S/C21H22F3N5O2.ClH/c1-26-7-2-3-17(26)20(31)29-13-10-27(11-14-29)9-12-28-8-6-16-15(19(28)30)4-5-18(25-16)21(22,23)24;/h2-8H,9-14H2,1H3;1H. The van der Waals surface area contributed by atoms with E-state index in [0.717, 1.165) is 6.07 Å².